The molecule has 23 heavy (non-hydrogen) atoms. The zero-order valence-electron chi connectivity index (χ0n) is 13.6. The predicted octanol–water partition coefficient (Wildman–Crippen LogP) is 3.22. The monoisotopic (exact) mass is 349 g/mol. The molecule has 0 radical (unpaired) electrons. The number of carbonyl (C=O) groups excluding carboxylic acids is 1. The van der Waals surface area contributed by atoms with Crippen LogP contribution in [0.2, 0.25) is 0 Å². The molecular formula is C17H23N3OS2. The highest BCUT2D eigenvalue weighted by Crippen LogP contribution is 2.27. The van der Waals surface area contributed by atoms with Gasteiger partial charge in [0.15, 0.2) is 0 Å². The second-order valence-corrected chi connectivity index (χ2v) is 8.15. The number of carbonyl (C=O) groups is 1. The maximum Gasteiger partial charge on any atom is 0.224 e. The van der Waals surface area contributed by atoms with E-state index in [9.17, 15) is 4.79 Å². The molecule has 0 spiro atoms. The molecule has 2 N–H and O–H groups in total. The summed E-state index contributed by atoms with van der Waals surface area (Å²) in [5, 5.41) is 11.8. The minimum absolute atomic E-state index is 0.0311. The molecule has 124 valence electrons. The molecule has 1 fully saturated rings. The summed E-state index contributed by atoms with van der Waals surface area (Å²) in [5.41, 5.74) is 2.32. The van der Waals surface area contributed by atoms with Gasteiger partial charge in [-0.15, -0.1) is 11.3 Å². The largest absolute Gasteiger partial charge is 0.346 e. The first-order valence-corrected chi connectivity index (χ1v) is 9.85. The van der Waals surface area contributed by atoms with Crippen LogP contribution in [-0.4, -0.2) is 24.0 Å². The van der Waals surface area contributed by atoms with Gasteiger partial charge in [0.2, 0.25) is 5.91 Å². The number of aryl methyl sites for hydroxylation is 2. The summed E-state index contributed by atoms with van der Waals surface area (Å²) < 4.78 is 0. The average Bonchev–Trinajstić information content (AvgIpc) is 3.18. The molecule has 4 nitrogen and oxygen atoms in total. The quantitative estimate of drug-likeness (QED) is 0.871. The molecule has 1 saturated heterocycles. The average molecular weight is 350 g/mol. The third-order valence-electron chi connectivity index (χ3n) is 4.35. The lowest BCUT2D eigenvalue weighted by atomic mass is 9.98. The molecule has 6 heteroatoms. The SMILES string of the molecule is Cc1nc(C(Cc2ccsc2)NC(=O)C2CCCNC2)sc1C. The van der Waals surface area contributed by atoms with Gasteiger partial charge in [0.05, 0.1) is 17.7 Å². The molecule has 3 heterocycles. The van der Waals surface area contributed by atoms with Crippen LogP contribution in [0, 0.1) is 19.8 Å². The smallest absolute Gasteiger partial charge is 0.224 e. The van der Waals surface area contributed by atoms with Crippen LogP contribution in [0.1, 0.15) is 40.0 Å². The first kappa shape index (κ1) is 16.6. The van der Waals surface area contributed by atoms with Gasteiger partial charge in [0.1, 0.15) is 5.01 Å². The third-order valence-corrected chi connectivity index (χ3v) is 6.27. The first-order chi connectivity index (χ1) is 11.1. The summed E-state index contributed by atoms with van der Waals surface area (Å²) in [6, 6.07) is 2.09. The van der Waals surface area contributed by atoms with E-state index >= 15 is 0 Å². The molecule has 0 bridgehead atoms. The molecule has 0 saturated carbocycles. The van der Waals surface area contributed by atoms with Crippen LogP contribution in [0.25, 0.3) is 0 Å². The van der Waals surface area contributed by atoms with Gasteiger partial charge in [-0.25, -0.2) is 4.98 Å². The van der Waals surface area contributed by atoms with Gasteiger partial charge in [-0.05, 0) is 55.6 Å². The number of hydrogen-bond donors (Lipinski definition) is 2. The lowest BCUT2D eigenvalue weighted by molar-refractivity contribution is -0.126. The lowest BCUT2D eigenvalue weighted by Gasteiger charge is -2.24. The van der Waals surface area contributed by atoms with E-state index in [0.717, 1.165) is 43.1 Å². The van der Waals surface area contributed by atoms with Crippen molar-refractivity contribution in [2.24, 2.45) is 5.92 Å². The zero-order chi connectivity index (χ0) is 16.2. The number of nitrogens with one attached hydrogen (secondary N) is 2. The Balaban J connectivity index is 1.75. The summed E-state index contributed by atoms with van der Waals surface area (Å²) in [6.45, 7) is 5.93. The second-order valence-electron chi connectivity index (χ2n) is 6.13. The number of thiazole rings is 1. The molecule has 1 amide bonds. The Labute approximate surface area is 145 Å². The van der Waals surface area contributed by atoms with Crippen LogP contribution in [-0.2, 0) is 11.2 Å². The van der Waals surface area contributed by atoms with Crippen molar-refractivity contribution in [3.63, 3.8) is 0 Å². The van der Waals surface area contributed by atoms with Crippen molar-refractivity contribution >= 4 is 28.6 Å². The molecule has 1 aliphatic rings. The molecule has 2 aromatic rings. The summed E-state index contributed by atoms with van der Waals surface area (Å²) in [7, 11) is 0. The number of amides is 1. The van der Waals surface area contributed by atoms with Crippen LogP contribution in [0.4, 0.5) is 0 Å². The van der Waals surface area contributed by atoms with Crippen molar-refractivity contribution in [3.8, 4) is 0 Å². The van der Waals surface area contributed by atoms with Gasteiger partial charge < -0.3 is 10.6 Å². The molecule has 2 unspecified atom stereocenters. The number of thiophene rings is 1. The first-order valence-electron chi connectivity index (χ1n) is 8.09. The summed E-state index contributed by atoms with van der Waals surface area (Å²) >= 11 is 3.39. The van der Waals surface area contributed by atoms with E-state index in [1.165, 1.54) is 10.4 Å². The minimum atomic E-state index is -0.0311. The Morgan fingerprint density at radius 2 is 2.39 bits per heavy atom. The van der Waals surface area contributed by atoms with E-state index < -0.39 is 0 Å². The zero-order valence-corrected chi connectivity index (χ0v) is 15.2. The Bertz CT molecular complexity index is 625. The molecule has 2 atom stereocenters. The van der Waals surface area contributed by atoms with E-state index in [-0.39, 0.29) is 17.9 Å². The fourth-order valence-corrected chi connectivity index (χ4v) is 4.51. The molecular weight excluding hydrogens is 326 g/mol. The van der Waals surface area contributed by atoms with Gasteiger partial charge >= 0.3 is 0 Å². The Morgan fingerprint density at radius 3 is 3.00 bits per heavy atom. The summed E-state index contributed by atoms with van der Waals surface area (Å²) in [6.07, 6.45) is 2.85. The van der Waals surface area contributed by atoms with Crippen molar-refractivity contribution in [3.05, 3.63) is 38.0 Å². The topological polar surface area (TPSA) is 54.0 Å². The van der Waals surface area contributed by atoms with Crippen molar-refractivity contribution in [1.29, 1.82) is 0 Å². The van der Waals surface area contributed by atoms with Gasteiger partial charge in [0.25, 0.3) is 0 Å². The Kier molecular flexibility index (Phi) is 5.46. The van der Waals surface area contributed by atoms with Crippen molar-refractivity contribution in [1.82, 2.24) is 15.6 Å². The van der Waals surface area contributed by atoms with Crippen LogP contribution in [0.15, 0.2) is 16.8 Å². The van der Waals surface area contributed by atoms with E-state index in [4.69, 9.17) is 0 Å². The van der Waals surface area contributed by atoms with Crippen LogP contribution >= 0.6 is 22.7 Å². The molecule has 0 aromatic carbocycles. The number of aromatic nitrogens is 1. The minimum Gasteiger partial charge on any atom is -0.346 e. The van der Waals surface area contributed by atoms with E-state index in [0.29, 0.717) is 0 Å². The highest BCUT2D eigenvalue weighted by atomic mass is 32.1. The lowest BCUT2D eigenvalue weighted by Crippen LogP contribution is -2.42. The van der Waals surface area contributed by atoms with Gasteiger partial charge in [-0.1, -0.05) is 0 Å². The van der Waals surface area contributed by atoms with Crippen molar-refractivity contribution in [2.45, 2.75) is 39.2 Å². The Hall–Kier alpha value is -1.24. The second kappa shape index (κ2) is 7.55. The standard InChI is InChI=1S/C17H23N3OS2/c1-11-12(2)23-17(19-11)15(8-13-5-7-22-10-13)20-16(21)14-4-3-6-18-9-14/h5,7,10,14-15,18H,3-4,6,8-9H2,1-2H3,(H,20,21). The predicted molar refractivity (Wildman–Crippen MR) is 96.1 cm³/mol. The van der Waals surface area contributed by atoms with Crippen LogP contribution in [0.3, 0.4) is 0 Å². The normalized spacial score (nSPS) is 19.5. The number of nitrogens with zero attached hydrogens (tertiary/aromatic N) is 1. The molecule has 2 aromatic heterocycles. The number of piperidine rings is 1. The fourth-order valence-electron chi connectivity index (χ4n) is 2.86. The molecule has 1 aliphatic heterocycles. The summed E-state index contributed by atoms with van der Waals surface area (Å²) in [5.74, 6) is 0.235. The Morgan fingerprint density at radius 1 is 1.52 bits per heavy atom. The fraction of sp³-hybridized carbons (Fsp3) is 0.529. The highest BCUT2D eigenvalue weighted by Gasteiger charge is 2.25. The van der Waals surface area contributed by atoms with Crippen molar-refractivity contribution < 1.29 is 4.79 Å². The number of hydrogen-bond acceptors (Lipinski definition) is 5. The van der Waals surface area contributed by atoms with E-state index in [1.807, 2.05) is 6.92 Å². The maximum absolute atomic E-state index is 12.6. The van der Waals surface area contributed by atoms with E-state index in [1.54, 1.807) is 22.7 Å². The van der Waals surface area contributed by atoms with Crippen LogP contribution in [0.5, 0.6) is 0 Å². The van der Waals surface area contributed by atoms with Gasteiger partial charge in [-0.2, -0.15) is 11.3 Å². The molecule has 0 aliphatic carbocycles. The van der Waals surface area contributed by atoms with E-state index in [2.05, 4.69) is 39.4 Å². The third kappa shape index (κ3) is 4.19. The van der Waals surface area contributed by atoms with Gasteiger partial charge in [-0.3, -0.25) is 4.79 Å². The van der Waals surface area contributed by atoms with Gasteiger partial charge in [0, 0.05) is 17.8 Å². The summed E-state index contributed by atoms with van der Waals surface area (Å²) in [4.78, 5) is 18.5. The highest BCUT2D eigenvalue weighted by molar-refractivity contribution is 7.11. The van der Waals surface area contributed by atoms with Crippen molar-refractivity contribution in [2.75, 3.05) is 13.1 Å². The molecule has 3 rings (SSSR count). The number of rotatable bonds is 5. The maximum atomic E-state index is 12.6. The van der Waals surface area contributed by atoms with Crippen LogP contribution < -0.4 is 10.6 Å².